The summed E-state index contributed by atoms with van der Waals surface area (Å²) in [5.41, 5.74) is 6.53. The number of nitrogens with one attached hydrogen (secondary N) is 1. The summed E-state index contributed by atoms with van der Waals surface area (Å²) in [7, 11) is 3.08. The molecule has 0 aliphatic carbocycles. The van der Waals surface area contributed by atoms with Crippen LogP contribution in [-0.4, -0.2) is 25.1 Å². The molecule has 6 heteroatoms. The van der Waals surface area contributed by atoms with Crippen molar-refractivity contribution in [3.63, 3.8) is 0 Å². The summed E-state index contributed by atoms with van der Waals surface area (Å²) in [6.45, 7) is 0. The third-order valence-corrected chi connectivity index (χ3v) is 2.70. The molecule has 0 aliphatic heterocycles. The Morgan fingerprint density at radius 3 is 2.65 bits per heavy atom. The fraction of sp³-hybridized carbons (Fsp3) is 0.143. The third-order valence-electron chi connectivity index (χ3n) is 2.70. The summed E-state index contributed by atoms with van der Waals surface area (Å²) in [5.74, 6) is 1.16. The molecule has 6 nitrogen and oxygen atoms in total. The molecule has 0 spiro atoms. The molecule has 1 heterocycles. The van der Waals surface area contributed by atoms with E-state index in [-0.39, 0.29) is 5.91 Å². The maximum atomic E-state index is 12.1. The molecule has 0 saturated heterocycles. The zero-order valence-corrected chi connectivity index (χ0v) is 11.2. The quantitative estimate of drug-likeness (QED) is 0.889. The third kappa shape index (κ3) is 2.97. The first-order valence-electron chi connectivity index (χ1n) is 5.89. The molecule has 2 aromatic rings. The second-order valence-corrected chi connectivity index (χ2v) is 3.99. The van der Waals surface area contributed by atoms with Crippen molar-refractivity contribution in [1.29, 1.82) is 0 Å². The second-order valence-electron chi connectivity index (χ2n) is 3.99. The molecule has 2 rings (SSSR count). The van der Waals surface area contributed by atoms with E-state index in [0.717, 1.165) is 0 Å². The Balaban J connectivity index is 2.23. The van der Waals surface area contributed by atoms with Gasteiger partial charge in [-0.15, -0.1) is 0 Å². The van der Waals surface area contributed by atoms with E-state index in [2.05, 4.69) is 10.3 Å². The maximum Gasteiger partial charge on any atom is 0.255 e. The van der Waals surface area contributed by atoms with Crippen LogP contribution in [0.1, 0.15) is 10.4 Å². The molecule has 0 bridgehead atoms. The first-order chi connectivity index (χ1) is 9.63. The van der Waals surface area contributed by atoms with Gasteiger partial charge in [0.15, 0.2) is 0 Å². The van der Waals surface area contributed by atoms with Crippen LogP contribution in [0.5, 0.6) is 11.5 Å². The first kappa shape index (κ1) is 13.7. The molecule has 0 aliphatic rings. The average molecular weight is 273 g/mol. The highest BCUT2D eigenvalue weighted by atomic mass is 16.5. The van der Waals surface area contributed by atoms with Crippen molar-refractivity contribution >= 4 is 17.4 Å². The van der Waals surface area contributed by atoms with E-state index < -0.39 is 0 Å². The predicted molar refractivity (Wildman–Crippen MR) is 76.1 cm³/mol. The number of hydrogen-bond donors (Lipinski definition) is 2. The molecular weight excluding hydrogens is 258 g/mol. The largest absolute Gasteiger partial charge is 0.497 e. The topological polar surface area (TPSA) is 86.5 Å². The van der Waals surface area contributed by atoms with E-state index in [0.29, 0.717) is 28.6 Å². The highest BCUT2D eigenvalue weighted by molar-refractivity contribution is 6.05. The molecule has 0 fully saturated rings. The summed E-state index contributed by atoms with van der Waals surface area (Å²) in [4.78, 5) is 15.9. The van der Waals surface area contributed by atoms with Gasteiger partial charge in [-0.05, 0) is 24.3 Å². The van der Waals surface area contributed by atoms with Crippen molar-refractivity contribution in [1.82, 2.24) is 4.98 Å². The van der Waals surface area contributed by atoms with Crippen molar-refractivity contribution in [3.05, 3.63) is 42.1 Å². The summed E-state index contributed by atoms with van der Waals surface area (Å²) >= 11 is 0. The zero-order chi connectivity index (χ0) is 14.5. The lowest BCUT2D eigenvalue weighted by Crippen LogP contribution is -2.13. The number of nitrogens with two attached hydrogens (primary N) is 1. The Bertz CT molecular complexity index is 629. The van der Waals surface area contributed by atoms with Gasteiger partial charge in [-0.1, -0.05) is 0 Å². The maximum absolute atomic E-state index is 12.1. The molecule has 104 valence electrons. The standard InChI is InChI=1S/C14H15N3O3/c1-19-10-3-4-11(12(8-10)20-2)17-14(18)9-5-6-16-13(15)7-9/h3-8H,1-2H3,(H2,15,16)(H,17,18). The van der Waals surface area contributed by atoms with Crippen LogP contribution in [0.25, 0.3) is 0 Å². The lowest BCUT2D eigenvalue weighted by molar-refractivity contribution is 0.102. The Hall–Kier alpha value is -2.76. The van der Waals surface area contributed by atoms with Crippen LogP contribution in [0.4, 0.5) is 11.5 Å². The SMILES string of the molecule is COc1ccc(NC(=O)c2ccnc(N)c2)c(OC)c1. The summed E-state index contributed by atoms with van der Waals surface area (Å²) in [6, 6.07) is 8.22. The molecule has 1 aromatic carbocycles. The number of anilines is 2. The highest BCUT2D eigenvalue weighted by Crippen LogP contribution is 2.29. The number of rotatable bonds is 4. The Morgan fingerprint density at radius 1 is 1.20 bits per heavy atom. The highest BCUT2D eigenvalue weighted by Gasteiger charge is 2.11. The van der Waals surface area contributed by atoms with Crippen molar-refractivity contribution < 1.29 is 14.3 Å². The van der Waals surface area contributed by atoms with Gasteiger partial charge in [-0.2, -0.15) is 0 Å². The number of carbonyl (C=O) groups excluding carboxylic acids is 1. The zero-order valence-electron chi connectivity index (χ0n) is 11.2. The molecule has 20 heavy (non-hydrogen) atoms. The van der Waals surface area contributed by atoms with Gasteiger partial charge >= 0.3 is 0 Å². The summed E-state index contributed by atoms with van der Waals surface area (Å²) in [6.07, 6.45) is 1.48. The van der Waals surface area contributed by atoms with Gasteiger partial charge in [0, 0.05) is 17.8 Å². The normalized spacial score (nSPS) is 9.90. The van der Waals surface area contributed by atoms with E-state index in [9.17, 15) is 4.79 Å². The fourth-order valence-electron chi connectivity index (χ4n) is 1.69. The molecule has 0 radical (unpaired) electrons. The first-order valence-corrected chi connectivity index (χ1v) is 5.89. The predicted octanol–water partition coefficient (Wildman–Crippen LogP) is 1.93. The van der Waals surface area contributed by atoms with Crippen LogP contribution in [-0.2, 0) is 0 Å². The number of nitrogens with zero attached hydrogens (tertiary/aromatic N) is 1. The number of nitrogen functional groups attached to an aromatic ring is 1. The lowest BCUT2D eigenvalue weighted by Gasteiger charge is -2.11. The molecule has 0 atom stereocenters. The molecule has 0 saturated carbocycles. The molecule has 1 aromatic heterocycles. The van der Waals surface area contributed by atoms with Crippen LogP contribution < -0.4 is 20.5 Å². The minimum absolute atomic E-state index is 0.289. The van der Waals surface area contributed by atoms with Gasteiger partial charge in [-0.25, -0.2) is 4.98 Å². The number of aromatic nitrogens is 1. The average Bonchev–Trinajstić information content (AvgIpc) is 2.47. The van der Waals surface area contributed by atoms with Crippen LogP contribution in [0.15, 0.2) is 36.5 Å². The Morgan fingerprint density at radius 2 is 2.00 bits per heavy atom. The van der Waals surface area contributed by atoms with Gasteiger partial charge in [0.2, 0.25) is 0 Å². The van der Waals surface area contributed by atoms with Gasteiger partial charge in [0.1, 0.15) is 17.3 Å². The number of carbonyl (C=O) groups is 1. The van der Waals surface area contributed by atoms with E-state index >= 15 is 0 Å². The van der Waals surface area contributed by atoms with Crippen molar-refractivity contribution in [2.45, 2.75) is 0 Å². The van der Waals surface area contributed by atoms with E-state index in [1.54, 1.807) is 31.4 Å². The number of hydrogen-bond acceptors (Lipinski definition) is 5. The summed E-state index contributed by atoms with van der Waals surface area (Å²) in [5, 5.41) is 2.75. The van der Waals surface area contributed by atoms with Crippen molar-refractivity contribution in [3.8, 4) is 11.5 Å². The lowest BCUT2D eigenvalue weighted by atomic mass is 10.2. The number of benzene rings is 1. The summed E-state index contributed by atoms with van der Waals surface area (Å²) < 4.78 is 10.3. The minimum atomic E-state index is -0.289. The second kappa shape index (κ2) is 5.92. The van der Waals surface area contributed by atoms with Crippen LogP contribution >= 0.6 is 0 Å². The number of amides is 1. The van der Waals surface area contributed by atoms with Gasteiger partial charge in [0.25, 0.3) is 5.91 Å². The number of methoxy groups -OCH3 is 2. The van der Waals surface area contributed by atoms with Crippen molar-refractivity contribution in [2.24, 2.45) is 0 Å². The molecular formula is C14H15N3O3. The number of pyridine rings is 1. The van der Waals surface area contributed by atoms with E-state index in [1.165, 1.54) is 19.4 Å². The minimum Gasteiger partial charge on any atom is -0.497 e. The molecule has 1 amide bonds. The van der Waals surface area contributed by atoms with Crippen LogP contribution in [0.2, 0.25) is 0 Å². The van der Waals surface area contributed by atoms with Gasteiger partial charge in [0.05, 0.1) is 19.9 Å². The van der Waals surface area contributed by atoms with E-state index in [1.807, 2.05) is 0 Å². The van der Waals surface area contributed by atoms with Crippen LogP contribution in [0.3, 0.4) is 0 Å². The molecule has 3 N–H and O–H groups in total. The molecule has 0 unspecified atom stereocenters. The van der Waals surface area contributed by atoms with Gasteiger partial charge in [-0.3, -0.25) is 4.79 Å². The fourth-order valence-corrected chi connectivity index (χ4v) is 1.69. The van der Waals surface area contributed by atoms with Gasteiger partial charge < -0.3 is 20.5 Å². The van der Waals surface area contributed by atoms with Crippen LogP contribution in [0, 0.1) is 0 Å². The van der Waals surface area contributed by atoms with E-state index in [4.69, 9.17) is 15.2 Å². The monoisotopic (exact) mass is 273 g/mol. The smallest absolute Gasteiger partial charge is 0.255 e. The Kier molecular flexibility index (Phi) is 4.05. The van der Waals surface area contributed by atoms with Crippen molar-refractivity contribution in [2.75, 3.05) is 25.3 Å². The number of ether oxygens (including phenoxy) is 2. The Labute approximate surface area is 116 Å².